The molecule has 7 heteroatoms. The molecule has 21 heavy (non-hydrogen) atoms. The van der Waals surface area contributed by atoms with Gasteiger partial charge in [0.1, 0.15) is 13.2 Å². The van der Waals surface area contributed by atoms with Crippen LogP contribution in [0.5, 0.6) is 11.5 Å². The fourth-order valence-electron chi connectivity index (χ4n) is 2.00. The first kappa shape index (κ1) is 17.9. The molecular formula is C14H20Cl2N2O3. The van der Waals surface area contributed by atoms with Crippen LogP contribution in [0.15, 0.2) is 12.1 Å². The number of carbonyl (C=O) groups is 1. The Morgan fingerprint density at radius 1 is 1.33 bits per heavy atom. The second kappa shape index (κ2) is 7.73. The van der Waals surface area contributed by atoms with E-state index >= 15 is 0 Å². The first-order chi connectivity index (χ1) is 9.47. The number of nitrogens with one attached hydrogen (secondary N) is 1. The molecule has 0 radical (unpaired) electrons. The fourth-order valence-corrected chi connectivity index (χ4v) is 2.20. The second-order valence-electron chi connectivity index (χ2n) is 5.20. The number of benzene rings is 1. The number of amides is 1. The number of halogens is 2. The lowest BCUT2D eigenvalue weighted by molar-refractivity contribution is -0.117. The highest BCUT2D eigenvalue weighted by molar-refractivity contribution is 6.34. The molecule has 1 aliphatic rings. The van der Waals surface area contributed by atoms with E-state index in [1.165, 1.54) is 0 Å². The van der Waals surface area contributed by atoms with Crippen molar-refractivity contribution in [3.05, 3.63) is 17.2 Å². The SMILES string of the molecule is CC(C)C[C@H](N)C(=O)Nc1cc2c(cc1Cl)OCCO2.Cl. The Morgan fingerprint density at radius 3 is 2.48 bits per heavy atom. The van der Waals surface area contributed by atoms with Crippen molar-refractivity contribution in [2.24, 2.45) is 11.7 Å². The van der Waals surface area contributed by atoms with Gasteiger partial charge in [0.05, 0.1) is 16.8 Å². The maximum atomic E-state index is 12.0. The highest BCUT2D eigenvalue weighted by Gasteiger charge is 2.19. The van der Waals surface area contributed by atoms with Gasteiger partial charge in [0, 0.05) is 12.1 Å². The van der Waals surface area contributed by atoms with Crippen molar-refractivity contribution >= 4 is 35.6 Å². The molecule has 0 aromatic heterocycles. The normalized spacial score (nSPS) is 14.3. The number of anilines is 1. The zero-order chi connectivity index (χ0) is 14.7. The van der Waals surface area contributed by atoms with Crippen LogP contribution in [0.1, 0.15) is 20.3 Å². The predicted molar refractivity (Wildman–Crippen MR) is 85.8 cm³/mol. The Balaban J connectivity index is 0.00000220. The molecule has 0 saturated heterocycles. The van der Waals surface area contributed by atoms with Gasteiger partial charge >= 0.3 is 0 Å². The largest absolute Gasteiger partial charge is 0.486 e. The molecule has 1 aromatic carbocycles. The van der Waals surface area contributed by atoms with Crippen LogP contribution >= 0.6 is 24.0 Å². The Hall–Kier alpha value is -1.17. The third-order valence-corrected chi connectivity index (χ3v) is 3.26. The molecule has 0 fully saturated rings. The van der Waals surface area contributed by atoms with Crippen molar-refractivity contribution in [1.29, 1.82) is 0 Å². The third-order valence-electron chi connectivity index (χ3n) is 2.95. The number of hydrogen-bond donors (Lipinski definition) is 2. The first-order valence-electron chi connectivity index (χ1n) is 6.63. The molecule has 0 aliphatic carbocycles. The van der Waals surface area contributed by atoms with Gasteiger partial charge in [-0.2, -0.15) is 0 Å². The summed E-state index contributed by atoms with van der Waals surface area (Å²) < 4.78 is 10.9. The minimum Gasteiger partial charge on any atom is -0.486 e. The van der Waals surface area contributed by atoms with Crippen LogP contribution in [0.2, 0.25) is 5.02 Å². The van der Waals surface area contributed by atoms with Crippen molar-refractivity contribution in [3.8, 4) is 11.5 Å². The molecule has 0 saturated carbocycles. The molecule has 2 rings (SSSR count). The van der Waals surface area contributed by atoms with Gasteiger partial charge in [-0.25, -0.2) is 0 Å². The highest BCUT2D eigenvalue weighted by atomic mass is 35.5. The first-order valence-corrected chi connectivity index (χ1v) is 7.00. The minimum atomic E-state index is -0.556. The Morgan fingerprint density at radius 2 is 1.90 bits per heavy atom. The molecule has 0 bridgehead atoms. The van der Waals surface area contributed by atoms with Crippen LogP contribution in [-0.2, 0) is 4.79 Å². The van der Waals surface area contributed by atoms with E-state index in [-0.39, 0.29) is 18.3 Å². The van der Waals surface area contributed by atoms with Crippen LogP contribution in [-0.4, -0.2) is 25.2 Å². The van der Waals surface area contributed by atoms with Gasteiger partial charge in [0.15, 0.2) is 11.5 Å². The Kier molecular flexibility index (Phi) is 6.58. The molecule has 1 atom stereocenters. The Bertz CT molecular complexity index is 509. The average molecular weight is 335 g/mol. The van der Waals surface area contributed by atoms with E-state index < -0.39 is 6.04 Å². The summed E-state index contributed by atoms with van der Waals surface area (Å²) in [6.45, 7) is 5.01. The summed E-state index contributed by atoms with van der Waals surface area (Å²) in [6, 6.07) is 2.75. The molecule has 0 spiro atoms. The number of carbonyl (C=O) groups excluding carboxylic acids is 1. The molecule has 118 valence electrons. The van der Waals surface area contributed by atoms with E-state index in [0.717, 1.165) is 0 Å². The maximum Gasteiger partial charge on any atom is 0.241 e. The minimum absolute atomic E-state index is 0. The molecule has 1 heterocycles. The van der Waals surface area contributed by atoms with E-state index in [0.29, 0.717) is 47.8 Å². The standard InChI is InChI=1S/C14H19ClN2O3.ClH/c1-8(2)5-10(16)14(18)17-11-7-13-12(6-9(11)15)19-3-4-20-13;/h6-8,10H,3-5,16H2,1-2H3,(H,17,18);1H/t10-;/m0./s1. The average Bonchev–Trinajstić information content (AvgIpc) is 2.38. The summed E-state index contributed by atoms with van der Waals surface area (Å²) in [5.74, 6) is 1.27. The lowest BCUT2D eigenvalue weighted by atomic mass is 10.0. The van der Waals surface area contributed by atoms with Gasteiger partial charge in [-0.3, -0.25) is 4.79 Å². The monoisotopic (exact) mass is 334 g/mol. The molecule has 0 unspecified atom stereocenters. The number of fused-ring (bicyclic) bond motifs is 1. The van der Waals surface area contributed by atoms with Crippen LogP contribution in [0.4, 0.5) is 5.69 Å². The quantitative estimate of drug-likeness (QED) is 0.887. The summed E-state index contributed by atoms with van der Waals surface area (Å²) in [7, 11) is 0. The topological polar surface area (TPSA) is 73.6 Å². The molecule has 1 aliphatic heterocycles. The molecular weight excluding hydrogens is 315 g/mol. The van der Waals surface area contributed by atoms with Crippen molar-refractivity contribution in [2.75, 3.05) is 18.5 Å². The summed E-state index contributed by atoms with van der Waals surface area (Å²) in [5, 5.41) is 3.14. The maximum absolute atomic E-state index is 12.0. The van der Waals surface area contributed by atoms with Gasteiger partial charge in [-0.15, -0.1) is 12.4 Å². The van der Waals surface area contributed by atoms with E-state index in [9.17, 15) is 4.79 Å². The smallest absolute Gasteiger partial charge is 0.241 e. The zero-order valence-electron chi connectivity index (χ0n) is 12.0. The van der Waals surface area contributed by atoms with Gasteiger partial charge in [-0.05, 0) is 12.3 Å². The van der Waals surface area contributed by atoms with Crippen molar-refractivity contribution in [1.82, 2.24) is 0 Å². The zero-order valence-corrected chi connectivity index (χ0v) is 13.6. The Labute approximate surface area is 135 Å². The fraction of sp³-hybridized carbons (Fsp3) is 0.500. The summed E-state index contributed by atoms with van der Waals surface area (Å²) in [6.07, 6.45) is 0.619. The van der Waals surface area contributed by atoms with Gasteiger partial charge < -0.3 is 20.5 Å². The number of nitrogens with two attached hydrogens (primary N) is 1. The summed E-state index contributed by atoms with van der Waals surface area (Å²) in [5.41, 5.74) is 6.33. The van der Waals surface area contributed by atoms with Crippen molar-refractivity contribution < 1.29 is 14.3 Å². The number of ether oxygens (including phenoxy) is 2. The van der Waals surface area contributed by atoms with Crippen LogP contribution in [0, 0.1) is 5.92 Å². The van der Waals surface area contributed by atoms with Crippen molar-refractivity contribution in [3.63, 3.8) is 0 Å². The van der Waals surface area contributed by atoms with Crippen LogP contribution in [0.25, 0.3) is 0 Å². The second-order valence-corrected chi connectivity index (χ2v) is 5.61. The number of rotatable bonds is 4. The van der Waals surface area contributed by atoms with Crippen LogP contribution in [0.3, 0.4) is 0 Å². The van der Waals surface area contributed by atoms with Crippen LogP contribution < -0.4 is 20.5 Å². The molecule has 5 nitrogen and oxygen atoms in total. The van der Waals surface area contributed by atoms with Crippen molar-refractivity contribution in [2.45, 2.75) is 26.3 Å². The van der Waals surface area contributed by atoms with E-state index in [1.54, 1.807) is 12.1 Å². The lowest BCUT2D eigenvalue weighted by Crippen LogP contribution is -2.36. The van der Waals surface area contributed by atoms with Gasteiger partial charge in [0.25, 0.3) is 0 Å². The van der Waals surface area contributed by atoms with Gasteiger partial charge in [-0.1, -0.05) is 25.4 Å². The molecule has 1 amide bonds. The predicted octanol–water partition coefficient (Wildman–Crippen LogP) is 2.84. The summed E-state index contributed by atoms with van der Waals surface area (Å²) in [4.78, 5) is 12.0. The van der Waals surface area contributed by atoms with Gasteiger partial charge in [0.2, 0.25) is 5.91 Å². The molecule has 1 aromatic rings. The summed E-state index contributed by atoms with van der Waals surface area (Å²) >= 11 is 6.12. The van der Waals surface area contributed by atoms with E-state index in [4.69, 9.17) is 26.8 Å². The van der Waals surface area contributed by atoms with E-state index in [1.807, 2.05) is 13.8 Å². The molecule has 3 N–H and O–H groups in total. The number of hydrogen-bond acceptors (Lipinski definition) is 4. The lowest BCUT2D eigenvalue weighted by Gasteiger charge is -2.20. The third kappa shape index (κ3) is 4.66. The van der Waals surface area contributed by atoms with E-state index in [2.05, 4.69) is 5.32 Å². The highest BCUT2D eigenvalue weighted by Crippen LogP contribution is 2.37.